The van der Waals surface area contributed by atoms with Crippen molar-refractivity contribution < 1.29 is 14.0 Å². The first-order valence-corrected chi connectivity index (χ1v) is 10.1. The van der Waals surface area contributed by atoms with E-state index in [2.05, 4.69) is 31.7 Å². The Bertz CT molecular complexity index is 1000. The lowest BCUT2D eigenvalue weighted by molar-refractivity contribution is -0.120. The van der Waals surface area contributed by atoms with Gasteiger partial charge in [0.1, 0.15) is 5.82 Å². The van der Waals surface area contributed by atoms with Gasteiger partial charge in [-0.2, -0.15) is 5.10 Å². The van der Waals surface area contributed by atoms with Crippen molar-refractivity contribution in [3.05, 3.63) is 68.3 Å². The fourth-order valence-corrected chi connectivity index (χ4v) is 4.05. The van der Waals surface area contributed by atoms with Crippen LogP contribution in [0.25, 0.3) is 5.69 Å². The number of benzene rings is 1. The van der Waals surface area contributed by atoms with Gasteiger partial charge in [0.25, 0.3) is 5.91 Å². The van der Waals surface area contributed by atoms with E-state index in [1.807, 2.05) is 13.8 Å². The summed E-state index contributed by atoms with van der Waals surface area (Å²) in [4.78, 5) is 24.7. The molecular weight excluding hydrogens is 447 g/mol. The van der Waals surface area contributed by atoms with Crippen LogP contribution in [0.3, 0.4) is 0 Å². The number of thiophene rings is 1. The van der Waals surface area contributed by atoms with Crippen LogP contribution in [0.1, 0.15) is 33.9 Å². The highest BCUT2D eigenvalue weighted by Gasteiger charge is 2.17. The smallest absolute Gasteiger partial charge is 0.261 e. The summed E-state index contributed by atoms with van der Waals surface area (Å²) in [6.45, 7) is 3.60. The van der Waals surface area contributed by atoms with Gasteiger partial charge in [-0.25, -0.2) is 9.07 Å². The van der Waals surface area contributed by atoms with E-state index in [1.165, 1.54) is 23.5 Å². The quantitative estimate of drug-likeness (QED) is 0.583. The summed E-state index contributed by atoms with van der Waals surface area (Å²) in [5.41, 5.74) is 2.41. The van der Waals surface area contributed by atoms with Crippen LogP contribution in [0.5, 0.6) is 0 Å². The van der Waals surface area contributed by atoms with Crippen molar-refractivity contribution >= 4 is 39.1 Å². The summed E-state index contributed by atoms with van der Waals surface area (Å²) < 4.78 is 15.6. The molecule has 146 valence electrons. The molecule has 0 radical (unpaired) electrons. The molecule has 3 aromatic rings. The number of halogens is 2. The lowest BCUT2D eigenvalue weighted by atomic mass is 10.1. The zero-order valence-electron chi connectivity index (χ0n) is 15.2. The molecule has 6 nitrogen and oxygen atoms in total. The highest BCUT2D eigenvalue weighted by molar-refractivity contribution is 9.11. The summed E-state index contributed by atoms with van der Waals surface area (Å²) in [7, 11) is 0. The van der Waals surface area contributed by atoms with Gasteiger partial charge in [0, 0.05) is 11.3 Å². The Morgan fingerprint density at radius 2 is 1.96 bits per heavy atom. The summed E-state index contributed by atoms with van der Waals surface area (Å²) in [6.07, 6.45) is 1.67. The van der Waals surface area contributed by atoms with E-state index in [9.17, 15) is 14.0 Å². The van der Waals surface area contributed by atoms with Crippen molar-refractivity contribution in [3.63, 3.8) is 0 Å². The molecule has 2 aromatic heterocycles. The molecule has 0 fully saturated rings. The molecule has 1 aromatic carbocycles. The predicted octanol–water partition coefficient (Wildman–Crippen LogP) is 3.75. The molecule has 0 bridgehead atoms. The van der Waals surface area contributed by atoms with Crippen molar-refractivity contribution in [3.8, 4) is 5.69 Å². The third kappa shape index (κ3) is 4.66. The molecule has 2 N–H and O–H groups in total. The minimum Gasteiger partial charge on any atom is -0.348 e. The maximum atomic E-state index is 13.1. The van der Waals surface area contributed by atoms with Crippen molar-refractivity contribution in [2.24, 2.45) is 0 Å². The largest absolute Gasteiger partial charge is 0.348 e. The molecule has 28 heavy (non-hydrogen) atoms. The van der Waals surface area contributed by atoms with E-state index in [1.54, 1.807) is 35.1 Å². The summed E-state index contributed by atoms with van der Waals surface area (Å²) in [5.74, 6) is -0.907. The summed E-state index contributed by atoms with van der Waals surface area (Å²) in [6, 6.07) is 9.20. The van der Waals surface area contributed by atoms with Gasteiger partial charge in [0.2, 0.25) is 5.91 Å². The predicted molar refractivity (Wildman–Crippen MR) is 109 cm³/mol. The second-order valence-electron chi connectivity index (χ2n) is 6.15. The Hall–Kier alpha value is -2.52. The molecule has 1 unspecified atom stereocenters. The third-order valence-electron chi connectivity index (χ3n) is 4.17. The number of carbonyl (C=O) groups excluding carboxylic acids is 2. The number of hydrogen-bond donors (Lipinski definition) is 2. The number of nitrogens with one attached hydrogen (secondary N) is 2. The fraction of sp³-hybridized carbons (Fsp3) is 0.211. The second kappa shape index (κ2) is 8.66. The first kappa shape index (κ1) is 20.2. The normalized spacial score (nSPS) is 11.9. The first-order valence-electron chi connectivity index (χ1n) is 8.48. The topological polar surface area (TPSA) is 76.0 Å². The first-order chi connectivity index (χ1) is 13.3. The van der Waals surface area contributed by atoms with E-state index in [0.29, 0.717) is 4.88 Å². The van der Waals surface area contributed by atoms with Crippen LogP contribution in [0.4, 0.5) is 4.39 Å². The Morgan fingerprint density at radius 1 is 1.25 bits per heavy atom. The van der Waals surface area contributed by atoms with Crippen LogP contribution in [-0.4, -0.2) is 28.1 Å². The number of aromatic nitrogens is 2. The van der Waals surface area contributed by atoms with E-state index in [4.69, 9.17) is 0 Å². The zero-order valence-corrected chi connectivity index (χ0v) is 17.6. The van der Waals surface area contributed by atoms with Crippen LogP contribution in [0.15, 0.2) is 46.4 Å². The Kier molecular flexibility index (Phi) is 6.25. The molecular formula is C19H18BrFN4O2S. The van der Waals surface area contributed by atoms with E-state index in [-0.39, 0.29) is 30.2 Å². The summed E-state index contributed by atoms with van der Waals surface area (Å²) >= 11 is 4.60. The van der Waals surface area contributed by atoms with Crippen molar-refractivity contribution in [1.29, 1.82) is 0 Å². The lowest BCUT2D eigenvalue weighted by Crippen LogP contribution is -2.37. The molecule has 1 atom stereocenters. The van der Waals surface area contributed by atoms with Gasteiger partial charge in [-0.3, -0.25) is 9.59 Å². The minimum absolute atomic E-state index is 0.121. The number of rotatable bonds is 6. The van der Waals surface area contributed by atoms with E-state index < -0.39 is 0 Å². The highest BCUT2D eigenvalue weighted by Crippen LogP contribution is 2.22. The monoisotopic (exact) mass is 464 g/mol. The number of hydrogen-bond acceptors (Lipinski definition) is 4. The number of amides is 2. The maximum absolute atomic E-state index is 13.1. The molecule has 2 amide bonds. The Balaban J connectivity index is 1.60. The molecule has 0 saturated heterocycles. The van der Waals surface area contributed by atoms with Gasteiger partial charge in [-0.15, -0.1) is 11.3 Å². The Labute approximate surface area is 173 Å². The van der Waals surface area contributed by atoms with Gasteiger partial charge in [0.15, 0.2) is 0 Å². The van der Waals surface area contributed by atoms with Crippen LogP contribution < -0.4 is 10.6 Å². The lowest BCUT2D eigenvalue weighted by Gasteiger charge is -2.14. The SMILES string of the molecule is Cc1c(C(C)NC(=O)CNC(=O)c2ccc(Br)s2)cnn1-c1ccc(F)cc1. The van der Waals surface area contributed by atoms with Crippen LogP contribution in [0, 0.1) is 12.7 Å². The van der Waals surface area contributed by atoms with Crippen molar-refractivity contribution in [2.75, 3.05) is 6.54 Å². The maximum Gasteiger partial charge on any atom is 0.261 e. The van der Waals surface area contributed by atoms with Gasteiger partial charge < -0.3 is 10.6 Å². The van der Waals surface area contributed by atoms with Gasteiger partial charge in [-0.1, -0.05) is 0 Å². The highest BCUT2D eigenvalue weighted by atomic mass is 79.9. The van der Waals surface area contributed by atoms with Crippen LogP contribution in [-0.2, 0) is 4.79 Å². The zero-order chi connectivity index (χ0) is 20.3. The summed E-state index contributed by atoms with van der Waals surface area (Å²) in [5, 5.41) is 9.78. The van der Waals surface area contributed by atoms with Crippen molar-refractivity contribution in [2.45, 2.75) is 19.9 Å². The van der Waals surface area contributed by atoms with Gasteiger partial charge in [0.05, 0.1) is 33.1 Å². The van der Waals surface area contributed by atoms with Gasteiger partial charge in [-0.05, 0) is 66.2 Å². The molecule has 2 heterocycles. The number of nitrogens with zero attached hydrogens (tertiary/aromatic N) is 2. The second-order valence-corrected chi connectivity index (χ2v) is 8.61. The Morgan fingerprint density at radius 3 is 2.61 bits per heavy atom. The average Bonchev–Trinajstić information content (AvgIpc) is 3.26. The molecule has 3 rings (SSSR count). The van der Waals surface area contributed by atoms with Crippen molar-refractivity contribution in [1.82, 2.24) is 20.4 Å². The molecule has 9 heteroatoms. The average molecular weight is 465 g/mol. The van der Waals surface area contributed by atoms with Crippen LogP contribution >= 0.6 is 27.3 Å². The molecule has 0 aliphatic rings. The third-order valence-corrected chi connectivity index (χ3v) is 5.79. The van der Waals surface area contributed by atoms with Crippen LogP contribution in [0.2, 0.25) is 0 Å². The van der Waals surface area contributed by atoms with E-state index in [0.717, 1.165) is 20.7 Å². The molecule has 0 spiro atoms. The van der Waals surface area contributed by atoms with E-state index >= 15 is 0 Å². The molecule has 0 aliphatic carbocycles. The molecule has 0 aliphatic heterocycles. The minimum atomic E-state index is -0.314. The van der Waals surface area contributed by atoms with Gasteiger partial charge >= 0.3 is 0 Å². The fourth-order valence-electron chi connectivity index (χ4n) is 2.74. The molecule has 0 saturated carbocycles. The number of carbonyl (C=O) groups is 2. The standard InChI is InChI=1S/C19H18BrFN4O2S/c1-11(24-18(26)10-22-19(27)16-7-8-17(20)28-16)15-9-23-25(12(15)2)14-5-3-13(21)4-6-14/h3-9,11H,10H2,1-2H3,(H,22,27)(H,24,26).